The van der Waals surface area contributed by atoms with Gasteiger partial charge in [0.25, 0.3) is 0 Å². The number of nitrogens with zero attached hydrogens (tertiary/aromatic N) is 2. The van der Waals surface area contributed by atoms with Crippen LogP contribution < -0.4 is 10.1 Å². The topological polar surface area (TPSA) is 71.1 Å². The van der Waals surface area contributed by atoms with Crippen molar-refractivity contribution in [1.82, 2.24) is 4.98 Å². The summed E-state index contributed by atoms with van der Waals surface area (Å²) >= 11 is 5.76. The van der Waals surface area contributed by atoms with Gasteiger partial charge < -0.3 is 14.5 Å². The number of benzene rings is 1. The monoisotopic (exact) mass is 263 g/mol. The summed E-state index contributed by atoms with van der Waals surface area (Å²) in [4.78, 5) is 3.99. The average Bonchev–Trinajstić information content (AvgIpc) is 2.80. The molecule has 2 rings (SSSR count). The molecule has 2 aromatic rings. The van der Waals surface area contributed by atoms with Gasteiger partial charge in [-0.25, -0.2) is 0 Å². The fourth-order valence-corrected chi connectivity index (χ4v) is 1.47. The molecule has 0 amide bonds. The van der Waals surface area contributed by atoms with Crippen LogP contribution in [0.3, 0.4) is 0 Å². The van der Waals surface area contributed by atoms with Gasteiger partial charge in [-0.3, -0.25) is 0 Å². The van der Waals surface area contributed by atoms with Gasteiger partial charge >= 0.3 is 0 Å². The molecule has 0 saturated carbocycles. The van der Waals surface area contributed by atoms with E-state index in [1.54, 1.807) is 31.3 Å². The van der Waals surface area contributed by atoms with Crippen LogP contribution in [0.4, 0.5) is 5.88 Å². The van der Waals surface area contributed by atoms with Gasteiger partial charge in [0, 0.05) is 12.1 Å². The molecule has 5 nitrogen and oxygen atoms in total. The molecule has 0 aliphatic rings. The molecule has 0 aliphatic heterocycles. The lowest BCUT2D eigenvalue weighted by Gasteiger charge is -2.02. The van der Waals surface area contributed by atoms with Gasteiger partial charge in [-0.15, -0.1) is 0 Å². The molecule has 18 heavy (non-hydrogen) atoms. The summed E-state index contributed by atoms with van der Waals surface area (Å²) < 4.78 is 10.8. The summed E-state index contributed by atoms with van der Waals surface area (Å²) in [5, 5.41) is 12.2. The number of nitriles is 1. The summed E-state index contributed by atoms with van der Waals surface area (Å²) in [6.07, 6.45) is 0. The van der Waals surface area contributed by atoms with E-state index in [1.165, 1.54) is 0 Å². The first kappa shape index (κ1) is 12.3. The van der Waals surface area contributed by atoms with Crippen LogP contribution in [0.5, 0.6) is 5.75 Å². The third-order valence-electron chi connectivity index (χ3n) is 2.18. The largest absolute Gasteiger partial charge is 0.484 e. The van der Waals surface area contributed by atoms with E-state index in [4.69, 9.17) is 26.0 Å². The van der Waals surface area contributed by atoms with Crippen molar-refractivity contribution in [2.45, 2.75) is 6.61 Å². The van der Waals surface area contributed by atoms with Crippen molar-refractivity contribution in [3.63, 3.8) is 0 Å². The Labute approximate surface area is 109 Å². The molecular formula is C12H10ClN3O2. The quantitative estimate of drug-likeness (QED) is 0.918. The van der Waals surface area contributed by atoms with Crippen LogP contribution in [-0.2, 0) is 6.61 Å². The third kappa shape index (κ3) is 2.73. The van der Waals surface area contributed by atoms with Gasteiger partial charge in [0.2, 0.25) is 17.5 Å². The van der Waals surface area contributed by atoms with Crippen molar-refractivity contribution in [2.24, 2.45) is 0 Å². The smallest absolute Gasteiger partial charge is 0.236 e. The Bertz CT molecular complexity index is 572. The summed E-state index contributed by atoms with van der Waals surface area (Å²) in [6.45, 7) is 0.151. The number of nitrogens with one attached hydrogen (secondary N) is 1. The van der Waals surface area contributed by atoms with Gasteiger partial charge in [-0.2, -0.15) is 10.2 Å². The fraction of sp³-hybridized carbons (Fsp3) is 0.167. The predicted octanol–water partition coefficient (Wildman–Crippen LogP) is 2.82. The van der Waals surface area contributed by atoms with E-state index in [0.29, 0.717) is 22.5 Å². The van der Waals surface area contributed by atoms with Crippen molar-refractivity contribution >= 4 is 17.5 Å². The van der Waals surface area contributed by atoms with E-state index in [-0.39, 0.29) is 12.3 Å². The molecular weight excluding hydrogens is 254 g/mol. The van der Waals surface area contributed by atoms with Gasteiger partial charge in [-0.05, 0) is 24.3 Å². The van der Waals surface area contributed by atoms with E-state index in [1.807, 2.05) is 6.07 Å². The second-order valence-electron chi connectivity index (χ2n) is 3.39. The van der Waals surface area contributed by atoms with Crippen molar-refractivity contribution in [3.8, 4) is 11.8 Å². The molecule has 1 N–H and O–H groups in total. The third-order valence-corrected chi connectivity index (χ3v) is 2.43. The number of halogens is 1. The van der Waals surface area contributed by atoms with Gasteiger partial charge in [0.1, 0.15) is 11.8 Å². The highest BCUT2D eigenvalue weighted by atomic mass is 35.5. The zero-order chi connectivity index (χ0) is 13.0. The maximum Gasteiger partial charge on any atom is 0.236 e. The van der Waals surface area contributed by atoms with E-state index >= 15 is 0 Å². The number of hydrogen-bond donors (Lipinski definition) is 1. The first-order valence-electron chi connectivity index (χ1n) is 5.19. The Morgan fingerprint density at radius 3 is 2.72 bits per heavy atom. The normalized spacial score (nSPS) is 9.83. The second kappa shape index (κ2) is 5.43. The van der Waals surface area contributed by atoms with Crippen LogP contribution >= 0.6 is 11.6 Å². The van der Waals surface area contributed by atoms with Crippen LogP contribution in [0, 0.1) is 11.3 Å². The van der Waals surface area contributed by atoms with Gasteiger partial charge in [0.05, 0.1) is 0 Å². The summed E-state index contributed by atoms with van der Waals surface area (Å²) in [5.41, 5.74) is 0.215. The van der Waals surface area contributed by atoms with Gasteiger partial charge in [-0.1, -0.05) is 11.6 Å². The lowest BCUT2D eigenvalue weighted by atomic mass is 10.3. The maximum absolute atomic E-state index is 8.81. The van der Waals surface area contributed by atoms with Crippen molar-refractivity contribution in [3.05, 3.63) is 40.9 Å². The van der Waals surface area contributed by atoms with Crippen LogP contribution in [0.25, 0.3) is 0 Å². The number of hydrogen-bond acceptors (Lipinski definition) is 5. The highest BCUT2D eigenvalue weighted by molar-refractivity contribution is 6.30. The fourth-order valence-electron chi connectivity index (χ4n) is 1.35. The minimum absolute atomic E-state index is 0.151. The van der Waals surface area contributed by atoms with Crippen LogP contribution in [0.15, 0.2) is 28.7 Å². The van der Waals surface area contributed by atoms with Crippen molar-refractivity contribution in [2.75, 3.05) is 12.4 Å². The molecule has 0 bridgehead atoms. The van der Waals surface area contributed by atoms with E-state index < -0.39 is 0 Å². The Morgan fingerprint density at radius 1 is 1.44 bits per heavy atom. The van der Waals surface area contributed by atoms with Crippen molar-refractivity contribution < 1.29 is 9.15 Å². The number of anilines is 1. The van der Waals surface area contributed by atoms with E-state index in [0.717, 1.165) is 0 Å². The molecule has 92 valence electrons. The van der Waals surface area contributed by atoms with Crippen LogP contribution in [-0.4, -0.2) is 12.0 Å². The molecule has 0 saturated heterocycles. The molecule has 0 atom stereocenters. The molecule has 1 aromatic heterocycles. The van der Waals surface area contributed by atoms with Gasteiger partial charge in [0.15, 0.2) is 6.61 Å². The van der Waals surface area contributed by atoms with Crippen LogP contribution in [0.1, 0.15) is 11.6 Å². The lowest BCUT2D eigenvalue weighted by Crippen LogP contribution is -1.95. The lowest BCUT2D eigenvalue weighted by molar-refractivity contribution is 0.265. The number of ether oxygens (including phenoxy) is 1. The zero-order valence-corrected chi connectivity index (χ0v) is 10.4. The number of aromatic nitrogens is 1. The highest BCUT2D eigenvalue weighted by Crippen LogP contribution is 2.19. The SMILES string of the molecule is CNc1oc(COc2ccc(Cl)cc2)nc1C#N. The molecule has 0 fully saturated rings. The summed E-state index contributed by atoms with van der Waals surface area (Å²) in [5.74, 6) is 1.33. The number of oxazole rings is 1. The molecule has 6 heteroatoms. The maximum atomic E-state index is 8.81. The van der Waals surface area contributed by atoms with Crippen LogP contribution in [0.2, 0.25) is 5.02 Å². The highest BCUT2D eigenvalue weighted by Gasteiger charge is 2.11. The molecule has 0 spiro atoms. The van der Waals surface area contributed by atoms with E-state index in [9.17, 15) is 0 Å². The average molecular weight is 264 g/mol. The Balaban J connectivity index is 2.04. The first-order valence-corrected chi connectivity index (χ1v) is 5.56. The van der Waals surface area contributed by atoms with Crippen molar-refractivity contribution in [1.29, 1.82) is 5.26 Å². The summed E-state index contributed by atoms with van der Waals surface area (Å²) in [6, 6.07) is 8.88. The number of rotatable bonds is 4. The first-order chi connectivity index (χ1) is 8.72. The minimum atomic E-state index is 0.151. The Morgan fingerprint density at radius 2 is 2.17 bits per heavy atom. The zero-order valence-electron chi connectivity index (χ0n) is 9.61. The minimum Gasteiger partial charge on any atom is -0.484 e. The predicted molar refractivity (Wildman–Crippen MR) is 66.5 cm³/mol. The Kier molecular flexibility index (Phi) is 3.70. The molecule has 0 radical (unpaired) electrons. The standard InChI is InChI=1S/C12H10ClN3O2/c1-15-12-10(6-14)16-11(18-12)7-17-9-4-2-8(13)3-5-9/h2-5,15H,7H2,1H3. The molecule has 0 aliphatic carbocycles. The molecule has 1 heterocycles. The molecule has 0 unspecified atom stereocenters. The molecule has 1 aromatic carbocycles. The second-order valence-corrected chi connectivity index (χ2v) is 3.83. The van der Waals surface area contributed by atoms with E-state index in [2.05, 4.69) is 10.3 Å². The summed E-state index contributed by atoms with van der Waals surface area (Å²) in [7, 11) is 1.66. The Hall–Kier alpha value is -2.19.